The van der Waals surface area contributed by atoms with Crippen molar-refractivity contribution in [2.24, 2.45) is 0 Å². The molecule has 5 heteroatoms. The van der Waals surface area contributed by atoms with Gasteiger partial charge in [-0.1, -0.05) is 121 Å². The molecule has 0 spiro atoms. The zero-order valence-electron chi connectivity index (χ0n) is 24.7. The topological polar surface area (TPSA) is 59.3 Å². The van der Waals surface area contributed by atoms with Crippen LogP contribution in [0.5, 0.6) is 23.0 Å². The molecule has 9 rings (SSSR count). The van der Waals surface area contributed by atoms with Crippen molar-refractivity contribution in [3.63, 3.8) is 0 Å². The quantitative estimate of drug-likeness (QED) is 0.213. The third-order valence-corrected chi connectivity index (χ3v) is 8.72. The molecule has 46 heavy (non-hydrogen) atoms. The number of hydrogen-bond acceptors (Lipinski definition) is 4. The maximum atomic E-state index is 8.88. The summed E-state index contributed by atoms with van der Waals surface area (Å²) in [4.78, 5) is 0. The van der Waals surface area contributed by atoms with Gasteiger partial charge in [0.2, 0.25) is 0 Å². The van der Waals surface area contributed by atoms with E-state index in [1.807, 2.05) is 60.7 Å². The zero-order valence-corrected chi connectivity index (χ0v) is 24.7. The zero-order chi connectivity index (χ0) is 30.6. The summed E-state index contributed by atoms with van der Waals surface area (Å²) < 4.78 is 15.4. The SMILES string of the molecule is N=C1C=CC=C/C1=C(/Nn1c2ccccc2c2ccc3c(c21)Oc1c(ccc2ccccc12)O3)c1ccc(-c2ccccc2)cc1. The summed E-state index contributed by atoms with van der Waals surface area (Å²) in [7, 11) is 0. The van der Waals surface area contributed by atoms with Crippen molar-refractivity contribution in [3.05, 3.63) is 163 Å². The van der Waals surface area contributed by atoms with Crippen LogP contribution in [-0.2, 0) is 0 Å². The van der Waals surface area contributed by atoms with E-state index in [-0.39, 0.29) is 0 Å². The maximum absolute atomic E-state index is 8.88. The van der Waals surface area contributed by atoms with Gasteiger partial charge in [0.15, 0.2) is 23.0 Å². The van der Waals surface area contributed by atoms with E-state index >= 15 is 0 Å². The Hall–Kier alpha value is -6.33. The fourth-order valence-electron chi connectivity index (χ4n) is 6.49. The lowest BCUT2D eigenvalue weighted by Gasteiger charge is -2.24. The van der Waals surface area contributed by atoms with Gasteiger partial charge in [0.1, 0.15) is 5.52 Å². The largest absolute Gasteiger partial charge is 0.449 e. The third-order valence-electron chi connectivity index (χ3n) is 8.72. The summed E-state index contributed by atoms with van der Waals surface area (Å²) in [6.45, 7) is 0. The van der Waals surface area contributed by atoms with Crippen molar-refractivity contribution in [1.82, 2.24) is 4.68 Å². The second-order valence-electron chi connectivity index (χ2n) is 11.4. The lowest BCUT2D eigenvalue weighted by Crippen LogP contribution is -2.18. The monoisotopic (exact) mass is 593 g/mol. The van der Waals surface area contributed by atoms with E-state index in [1.165, 1.54) is 0 Å². The molecule has 2 heterocycles. The van der Waals surface area contributed by atoms with Gasteiger partial charge in [0, 0.05) is 27.3 Å². The predicted octanol–water partition coefficient (Wildman–Crippen LogP) is 10.6. The Bertz CT molecular complexity index is 2450. The van der Waals surface area contributed by atoms with Crippen LogP contribution in [-0.4, -0.2) is 10.4 Å². The molecule has 1 aliphatic heterocycles. The Kier molecular flexibility index (Phi) is 5.90. The minimum Gasteiger partial charge on any atom is -0.449 e. The lowest BCUT2D eigenvalue weighted by atomic mass is 9.97. The molecule has 1 aliphatic carbocycles. The number of ether oxygens (including phenoxy) is 2. The Labute approximate surface area is 265 Å². The average Bonchev–Trinajstić information content (AvgIpc) is 3.44. The highest BCUT2D eigenvalue weighted by Gasteiger charge is 2.27. The fourth-order valence-corrected chi connectivity index (χ4v) is 6.49. The number of nitrogens with one attached hydrogen (secondary N) is 2. The van der Waals surface area contributed by atoms with Crippen LogP contribution in [0, 0.1) is 5.41 Å². The Balaban J connectivity index is 1.25. The van der Waals surface area contributed by atoms with Crippen LogP contribution in [0.2, 0.25) is 0 Å². The number of para-hydroxylation sites is 1. The van der Waals surface area contributed by atoms with E-state index < -0.39 is 0 Å². The van der Waals surface area contributed by atoms with E-state index in [2.05, 4.69) is 101 Å². The number of benzene rings is 6. The summed E-state index contributed by atoms with van der Waals surface area (Å²) >= 11 is 0. The van der Waals surface area contributed by atoms with Gasteiger partial charge < -0.3 is 14.9 Å². The first-order chi connectivity index (χ1) is 22.7. The molecule has 0 amide bonds. The molecule has 0 saturated carbocycles. The lowest BCUT2D eigenvalue weighted by molar-refractivity contribution is 0.366. The minimum atomic E-state index is 0.430. The van der Waals surface area contributed by atoms with E-state index in [1.54, 1.807) is 0 Å². The first-order valence-corrected chi connectivity index (χ1v) is 15.3. The first kappa shape index (κ1) is 26.1. The number of allylic oxidation sites excluding steroid dienone is 5. The van der Waals surface area contributed by atoms with E-state index in [9.17, 15) is 0 Å². The molecule has 0 saturated heterocycles. The summed E-state index contributed by atoms with van der Waals surface area (Å²) in [6, 6.07) is 43.5. The second kappa shape index (κ2) is 10.4. The fraction of sp³-hybridized carbons (Fsp3) is 0. The molecule has 1 aromatic heterocycles. The molecule has 218 valence electrons. The molecule has 2 N–H and O–H groups in total. The van der Waals surface area contributed by atoms with Crippen molar-refractivity contribution in [2.45, 2.75) is 0 Å². The van der Waals surface area contributed by atoms with Crippen LogP contribution in [0.4, 0.5) is 0 Å². The van der Waals surface area contributed by atoms with Crippen LogP contribution in [0.3, 0.4) is 0 Å². The van der Waals surface area contributed by atoms with E-state index in [0.717, 1.165) is 60.5 Å². The van der Waals surface area contributed by atoms with Gasteiger partial charge in [-0.3, -0.25) is 10.1 Å². The van der Waals surface area contributed by atoms with Gasteiger partial charge >= 0.3 is 0 Å². The normalized spacial score (nSPS) is 14.6. The summed E-state index contributed by atoms with van der Waals surface area (Å²) in [5.74, 6) is 2.68. The predicted molar refractivity (Wildman–Crippen MR) is 188 cm³/mol. The van der Waals surface area contributed by atoms with Crippen molar-refractivity contribution < 1.29 is 9.47 Å². The highest BCUT2D eigenvalue weighted by Crippen LogP contribution is 2.52. The number of fused-ring (bicyclic) bond motifs is 8. The van der Waals surface area contributed by atoms with Crippen LogP contribution in [0.15, 0.2) is 157 Å². The van der Waals surface area contributed by atoms with Crippen molar-refractivity contribution in [1.29, 1.82) is 5.41 Å². The van der Waals surface area contributed by atoms with E-state index in [0.29, 0.717) is 28.7 Å². The van der Waals surface area contributed by atoms with Gasteiger partial charge in [-0.2, -0.15) is 0 Å². The van der Waals surface area contributed by atoms with Crippen LogP contribution >= 0.6 is 0 Å². The third kappa shape index (κ3) is 4.14. The van der Waals surface area contributed by atoms with Gasteiger partial charge in [-0.15, -0.1) is 0 Å². The standard InChI is InChI=1S/C41H27N3O2/c42-34-16-8-6-15-33(34)38(29-20-18-27(19-21-29)26-10-2-1-3-11-26)43-44-35-17-9-7-14-31(35)32-23-25-37-41(39(32)44)46-40-30-13-5-4-12-28(30)22-24-36(40)45-37/h1-25,42-43H/b38-33-,42-34?. The molecule has 0 unspecified atom stereocenters. The number of hydrogen-bond donors (Lipinski definition) is 2. The molecule has 6 aromatic carbocycles. The number of aromatic nitrogens is 1. The van der Waals surface area contributed by atoms with Gasteiger partial charge in [0.05, 0.1) is 16.9 Å². The van der Waals surface area contributed by atoms with E-state index in [4.69, 9.17) is 14.9 Å². The molecule has 7 aromatic rings. The van der Waals surface area contributed by atoms with Gasteiger partial charge in [-0.05, 0) is 46.9 Å². The summed E-state index contributed by atoms with van der Waals surface area (Å²) in [5.41, 5.74) is 10.9. The Morgan fingerprint density at radius 2 is 1.26 bits per heavy atom. The highest BCUT2D eigenvalue weighted by atomic mass is 16.6. The number of rotatable bonds is 4. The second-order valence-corrected chi connectivity index (χ2v) is 11.4. The first-order valence-electron chi connectivity index (χ1n) is 15.3. The molecule has 0 fully saturated rings. The Morgan fingerprint density at radius 3 is 2.11 bits per heavy atom. The molecular weight excluding hydrogens is 566 g/mol. The molecule has 2 aliphatic rings. The summed E-state index contributed by atoms with van der Waals surface area (Å²) in [5, 5.41) is 13.1. The van der Waals surface area contributed by atoms with Gasteiger partial charge in [-0.25, -0.2) is 0 Å². The van der Waals surface area contributed by atoms with Crippen molar-refractivity contribution in [2.75, 3.05) is 5.43 Å². The van der Waals surface area contributed by atoms with Gasteiger partial charge in [0.25, 0.3) is 0 Å². The van der Waals surface area contributed by atoms with Crippen LogP contribution in [0.25, 0.3) is 49.4 Å². The molecule has 0 bridgehead atoms. The molecule has 0 atom stereocenters. The average molecular weight is 594 g/mol. The number of nitrogens with zero attached hydrogens (tertiary/aromatic N) is 1. The van der Waals surface area contributed by atoms with Crippen molar-refractivity contribution >= 4 is 44.0 Å². The minimum absolute atomic E-state index is 0.430. The maximum Gasteiger partial charge on any atom is 0.196 e. The molecular formula is C41H27N3O2. The molecule has 0 radical (unpaired) electrons. The molecule has 5 nitrogen and oxygen atoms in total. The van der Waals surface area contributed by atoms with Crippen LogP contribution in [0.1, 0.15) is 5.56 Å². The summed E-state index contributed by atoms with van der Waals surface area (Å²) in [6.07, 6.45) is 7.68. The van der Waals surface area contributed by atoms with Crippen LogP contribution < -0.4 is 14.9 Å². The van der Waals surface area contributed by atoms with Crippen molar-refractivity contribution in [3.8, 4) is 34.1 Å². The smallest absolute Gasteiger partial charge is 0.196 e. The Morgan fingerprint density at radius 1 is 0.565 bits per heavy atom. The highest BCUT2D eigenvalue weighted by molar-refractivity contribution is 6.16.